The molecule has 1 amide bonds. The average molecular weight is 444 g/mol. The van der Waals surface area contributed by atoms with Gasteiger partial charge in [0, 0.05) is 22.9 Å². The van der Waals surface area contributed by atoms with Crippen LogP contribution in [0.15, 0.2) is 58.3 Å². The summed E-state index contributed by atoms with van der Waals surface area (Å²) in [7, 11) is 0. The third-order valence-corrected chi connectivity index (χ3v) is 6.08. The first kappa shape index (κ1) is 21.5. The van der Waals surface area contributed by atoms with Crippen molar-refractivity contribution in [2.75, 3.05) is 11.9 Å². The van der Waals surface area contributed by atoms with E-state index < -0.39 is 23.4 Å². The molecule has 30 heavy (non-hydrogen) atoms. The lowest BCUT2D eigenvalue weighted by Gasteiger charge is -2.09. The van der Waals surface area contributed by atoms with Crippen molar-refractivity contribution >= 4 is 46.3 Å². The highest BCUT2D eigenvalue weighted by Gasteiger charge is 2.18. The van der Waals surface area contributed by atoms with Crippen LogP contribution in [-0.4, -0.2) is 28.4 Å². The van der Waals surface area contributed by atoms with Crippen molar-refractivity contribution in [2.24, 2.45) is 0 Å². The van der Waals surface area contributed by atoms with Gasteiger partial charge in [0.2, 0.25) is 0 Å². The molecule has 1 N–H and O–H groups in total. The lowest BCUT2D eigenvalue weighted by molar-refractivity contribution is -0.383. The predicted octanol–water partition coefficient (Wildman–Crippen LogP) is 4.45. The van der Waals surface area contributed by atoms with Gasteiger partial charge < -0.3 is 10.1 Å². The summed E-state index contributed by atoms with van der Waals surface area (Å²) in [5.41, 5.74) is 1.87. The molecule has 0 spiro atoms. The number of nitrogens with one attached hydrogen (secondary N) is 1. The number of ether oxygens (including phenoxy) is 1. The molecule has 10 heteroatoms. The number of aryl methyl sites for hydroxylation is 1. The molecule has 0 atom stereocenters. The summed E-state index contributed by atoms with van der Waals surface area (Å²) in [6, 6.07) is 12.7. The number of thioether (sulfide) groups is 1. The maximum absolute atomic E-state index is 12.5. The molecule has 0 aliphatic heterocycles. The van der Waals surface area contributed by atoms with E-state index in [-0.39, 0.29) is 11.4 Å². The van der Waals surface area contributed by atoms with Gasteiger partial charge in [-0.2, -0.15) is 0 Å². The molecule has 2 aromatic carbocycles. The van der Waals surface area contributed by atoms with E-state index in [1.807, 2.05) is 24.4 Å². The van der Waals surface area contributed by atoms with Gasteiger partial charge in [-0.3, -0.25) is 14.9 Å². The molecule has 0 radical (unpaired) electrons. The number of anilines is 1. The molecule has 0 aliphatic rings. The lowest BCUT2D eigenvalue weighted by Crippen LogP contribution is -2.21. The van der Waals surface area contributed by atoms with Crippen LogP contribution in [0.3, 0.4) is 0 Å². The third-order valence-electron chi connectivity index (χ3n) is 3.90. The number of nitro groups is 1. The highest BCUT2D eigenvalue weighted by atomic mass is 32.2. The maximum Gasteiger partial charge on any atom is 0.338 e. The second-order valence-electron chi connectivity index (χ2n) is 6.10. The minimum Gasteiger partial charge on any atom is -0.452 e. The van der Waals surface area contributed by atoms with Crippen molar-refractivity contribution < 1.29 is 19.2 Å². The number of thiazole rings is 1. The number of nitro benzene ring substituents is 1. The number of carbonyl (C=O) groups is 2. The molecule has 3 rings (SSSR count). The van der Waals surface area contributed by atoms with Crippen LogP contribution < -0.4 is 5.32 Å². The first-order valence-corrected chi connectivity index (χ1v) is 10.6. The first-order valence-electron chi connectivity index (χ1n) is 8.77. The summed E-state index contributed by atoms with van der Waals surface area (Å²) in [4.78, 5) is 39.4. The number of para-hydroxylation sites is 2. The summed E-state index contributed by atoms with van der Waals surface area (Å²) in [5, 5.41) is 15.4. The van der Waals surface area contributed by atoms with E-state index in [9.17, 15) is 19.7 Å². The number of nitrogens with zero attached hydrogens (tertiary/aromatic N) is 2. The van der Waals surface area contributed by atoms with Gasteiger partial charge in [0.15, 0.2) is 6.61 Å². The van der Waals surface area contributed by atoms with Gasteiger partial charge >= 0.3 is 5.97 Å². The Kier molecular flexibility index (Phi) is 7.15. The monoisotopic (exact) mass is 443 g/mol. The van der Waals surface area contributed by atoms with Crippen molar-refractivity contribution in [2.45, 2.75) is 17.0 Å². The molecule has 1 heterocycles. The Morgan fingerprint density at radius 2 is 1.93 bits per heavy atom. The molecular weight excluding hydrogens is 426 g/mol. The predicted molar refractivity (Wildman–Crippen MR) is 115 cm³/mol. The Morgan fingerprint density at radius 1 is 1.20 bits per heavy atom. The Morgan fingerprint density at radius 3 is 2.67 bits per heavy atom. The van der Waals surface area contributed by atoms with E-state index in [2.05, 4.69) is 10.3 Å². The number of carbonyl (C=O) groups excluding carboxylic acids is 2. The van der Waals surface area contributed by atoms with Gasteiger partial charge in [0.05, 0.1) is 10.5 Å². The Bertz CT molecular complexity index is 1080. The number of rotatable bonds is 8. The van der Waals surface area contributed by atoms with Crippen LogP contribution >= 0.6 is 23.1 Å². The van der Waals surface area contributed by atoms with Gasteiger partial charge in [0.25, 0.3) is 11.6 Å². The molecule has 0 bridgehead atoms. The molecule has 8 nitrogen and oxygen atoms in total. The zero-order valence-corrected chi connectivity index (χ0v) is 17.5. The highest BCUT2D eigenvalue weighted by molar-refractivity contribution is 8.00. The Labute approximate surface area is 180 Å². The number of aromatic nitrogens is 1. The lowest BCUT2D eigenvalue weighted by atomic mass is 10.1. The van der Waals surface area contributed by atoms with E-state index in [1.165, 1.54) is 41.3 Å². The summed E-state index contributed by atoms with van der Waals surface area (Å²) in [6.45, 7) is 1.36. The van der Waals surface area contributed by atoms with E-state index in [0.717, 1.165) is 15.6 Å². The zero-order chi connectivity index (χ0) is 21.5. The Hall–Kier alpha value is -3.24. The van der Waals surface area contributed by atoms with Gasteiger partial charge in [-0.05, 0) is 24.6 Å². The second kappa shape index (κ2) is 9.99. The van der Waals surface area contributed by atoms with Crippen LogP contribution in [0.2, 0.25) is 0 Å². The van der Waals surface area contributed by atoms with Crippen LogP contribution in [0.4, 0.5) is 11.4 Å². The van der Waals surface area contributed by atoms with E-state index in [4.69, 9.17) is 4.74 Å². The van der Waals surface area contributed by atoms with Crippen LogP contribution in [-0.2, 0) is 15.3 Å². The molecular formula is C20H17N3O5S2. The average Bonchev–Trinajstić information content (AvgIpc) is 3.16. The molecule has 0 aliphatic carbocycles. The molecule has 154 valence electrons. The first-order chi connectivity index (χ1) is 14.4. The third kappa shape index (κ3) is 5.65. The topological polar surface area (TPSA) is 111 Å². The van der Waals surface area contributed by atoms with Crippen LogP contribution in [0.1, 0.15) is 21.6 Å². The standard InChI is InChI=1S/C20H17N3O5S2/c1-13-11-29-20(21-13)30-12-14-6-2-3-7-15(14)19(25)28-10-18(24)22-16-8-4-5-9-17(16)23(26)27/h2-9,11H,10,12H2,1H3,(H,22,24). The van der Waals surface area contributed by atoms with Gasteiger partial charge in [-0.15, -0.1) is 11.3 Å². The SMILES string of the molecule is Cc1csc(SCc2ccccc2C(=O)OCC(=O)Nc2ccccc2[N+](=O)[O-])n1. The summed E-state index contributed by atoms with van der Waals surface area (Å²) in [6.07, 6.45) is 0. The fourth-order valence-corrected chi connectivity index (χ4v) is 4.37. The molecule has 0 fully saturated rings. The number of hydrogen-bond donors (Lipinski definition) is 1. The molecule has 0 unspecified atom stereocenters. The smallest absolute Gasteiger partial charge is 0.338 e. The highest BCUT2D eigenvalue weighted by Crippen LogP contribution is 2.27. The molecule has 3 aromatic rings. The number of esters is 1. The number of benzene rings is 2. The number of amides is 1. The molecule has 0 saturated heterocycles. The van der Waals surface area contributed by atoms with Gasteiger partial charge in [0.1, 0.15) is 10.0 Å². The quantitative estimate of drug-likeness (QED) is 0.237. The summed E-state index contributed by atoms with van der Waals surface area (Å²) >= 11 is 3.05. The second-order valence-corrected chi connectivity index (χ2v) is 8.18. The normalized spacial score (nSPS) is 10.4. The van der Waals surface area contributed by atoms with Crippen molar-refractivity contribution in [1.29, 1.82) is 0 Å². The van der Waals surface area contributed by atoms with Crippen LogP contribution in [0, 0.1) is 17.0 Å². The van der Waals surface area contributed by atoms with E-state index in [1.54, 1.807) is 18.2 Å². The number of hydrogen-bond acceptors (Lipinski definition) is 8. The largest absolute Gasteiger partial charge is 0.452 e. The maximum atomic E-state index is 12.5. The minimum atomic E-state index is -0.664. The Balaban J connectivity index is 1.60. The zero-order valence-electron chi connectivity index (χ0n) is 15.9. The summed E-state index contributed by atoms with van der Waals surface area (Å²) in [5.74, 6) is -0.775. The van der Waals surface area contributed by atoms with Gasteiger partial charge in [-0.25, -0.2) is 9.78 Å². The van der Waals surface area contributed by atoms with E-state index >= 15 is 0 Å². The van der Waals surface area contributed by atoms with Crippen molar-refractivity contribution in [3.8, 4) is 0 Å². The van der Waals surface area contributed by atoms with Crippen molar-refractivity contribution in [3.05, 3.63) is 80.8 Å². The fourth-order valence-electron chi connectivity index (χ4n) is 2.52. The van der Waals surface area contributed by atoms with Crippen LogP contribution in [0.25, 0.3) is 0 Å². The van der Waals surface area contributed by atoms with Crippen molar-refractivity contribution in [3.63, 3.8) is 0 Å². The van der Waals surface area contributed by atoms with Gasteiger partial charge in [-0.1, -0.05) is 42.1 Å². The van der Waals surface area contributed by atoms with Crippen LogP contribution in [0.5, 0.6) is 0 Å². The fraction of sp³-hybridized carbons (Fsp3) is 0.150. The van der Waals surface area contributed by atoms with Crippen molar-refractivity contribution in [1.82, 2.24) is 4.98 Å². The summed E-state index contributed by atoms with van der Waals surface area (Å²) < 4.78 is 6.02. The minimum absolute atomic E-state index is 0.0408. The van der Waals surface area contributed by atoms with E-state index in [0.29, 0.717) is 11.3 Å². The molecule has 0 saturated carbocycles. The molecule has 1 aromatic heterocycles.